The van der Waals surface area contributed by atoms with Crippen molar-refractivity contribution in [2.45, 2.75) is 18.2 Å². The standard InChI is InChI=1S/C18H17N3O3/c19-21-20-18(24-13-16-12-23-16)10-8-14(9-11-18)6-7-17(22)15-4-2-1-3-5-15/h1-10,16H,11-13H2. The number of carbonyl (C=O) groups is 1. The van der Waals surface area contributed by atoms with Gasteiger partial charge in [-0.25, -0.2) is 0 Å². The van der Waals surface area contributed by atoms with Gasteiger partial charge < -0.3 is 9.47 Å². The Kier molecular flexibility index (Phi) is 4.91. The molecule has 2 unspecified atom stereocenters. The number of hydrogen-bond acceptors (Lipinski definition) is 4. The summed E-state index contributed by atoms with van der Waals surface area (Å²) in [6, 6.07) is 9.08. The summed E-state index contributed by atoms with van der Waals surface area (Å²) in [5.41, 5.74) is 9.27. The molecule has 3 rings (SSSR count). The Morgan fingerprint density at radius 1 is 1.46 bits per heavy atom. The van der Waals surface area contributed by atoms with E-state index < -0.39 is 5.72 Å². The zero-order valence-corrected chi connectivity index (χ0v) is 13.0. The highest BCUT2D eigenvalue weighted by Crippen LogP contribution is 2.28. The van der Waals surface area contributed by atoms with E-state index in [0.717, 1.165) is 5.57 Å². The van der Waals surface area contributed by atoms with Crippen molar-refractivity contribution < 1.29 is 14.3 Å². The van der Waals surface area contributed by atoms with E-state index in [4.69, 9.17) is 15.0 Å². The van der Waals surface area contributed by atoms with E-state index in [0.29, 0.717) is 25.2 Å². The molecule has 1 saturated heterocycles. The molecule has 0 N–H and O–H groups in total. The van der Waals surface area contributed by atoms with Crippen LogP contribution in [0.1, 0.15) is 16.8 Å². The third kappa shape index (κ3) is 4.20. The topological polar surface area (TPSA) is 87.6 Å². The molecule has 1 aromatic rings. The number of hydrogen-bond donors (Lipinski definition) is 0. The van der Waals surface area contributed by atoms with Gasteiger partial charge in [0, 0.05) is 16.9 Å². The van der Waals surface area contributed by atoms with Gasteiger partial charge in [0.05, 0.1) is 13.2 Å². The summed E-state index contributed by atoms with van der Waals surface area (Å²) in [7, 11) is 0. The summed E-state index contributed by atoms with van der Waals surface area (Å²) < 4.78 is 10.8. The summed E-state index contributed by atoms with van der Waals surface area (Å²) in [4.78, 5) is 14.9. The van der Waals surface area contributed by atoms with Crippen LogP contribution in [0.3, 0.4) is 0 Å². The largest absolute Gasteiger partial charge is 0.371 e. The predicted octanol–water partition coefficient (Wildman–Crippen LogP) is 3.73. The molecule has 0 aromatic heterocycles. The van der Waals surface area contributed by atoms with Crippen LogP contribution in [-0.4, -0.2) is 30.8 Å². The van der Waals surface area contributed by atoms with Crippen LogP contribution in [0.15, 0.2) is 71.4 Å². The summed E-state index contributed by atoms with van der Waals surface area (Å²) >= 11 is 0. The first-order valence-electron chi connectivity index (χ1n) is 7.69. The maximum absolute atomic E-state index is 12.1. The summed E-state index contributed by atoms with van der Waals surface area (Å²) in [5.74, 6) is -0.0566. The molecule has 24 heavy (non-hydrogen) atoms. The van der Waals surface area contributed by atoms with E-state index >= 15 is 0 Å². The molecule has 0 radical (unpaired) electrons. The van der Waals surface area contributed by atoms with Crippen LogP contribution in [0.2, 0.25) is 0 Å². The highest BCUT2D eigenvalue weighted by atomic mass is 16.6. The molecule has 0 spiro atoms. The van der Waals surface area contributed by atoms with Crippen molar-refractivity contribution in [3.8, 4) is 0 Å². The molecule has 2 atom stereocenters. The van der Waals surface area contributed by atoms with E-state index in [2.05, 4.69) is 10.0 Å². The van der Waals surface area contributed by atoms with Gasteiger partial charge in [-0.05, 0) is 23.3 Å². The lowest BCUT2D eigenvalue weighted by Crippen LogP contribution is -2.30. The molecule has 1 heterocycles. The predicted molar refractivity (Wildman–Crippen MR) is 89.3 cm³/mol. The maximum atomic E-state index is 12.1. The average Bonchev–Trinajstić information content (AvgIpc) is 3.45. The first-order chi connectivity index (χ1) is 11.7. The van der Waals surface area contributed by atoms with Gasteiger partial charge in [0.15, 0.2) is 11.5 Å². The van der Waals surface area contributed by atoms with E-state index in [1.54, 1.807) is 30.4 Å². The highest BCUT2D eigenvalue weighted by molar-refractivity contribution is 6.04. The van der Waals surface area contributed by atoms with Crippen LogP contribution in [-0.2, 0) is 9.47 Å². The minimum Gasteiger partial charge on any atom is -0.371 e. The quantitative estimate of drug-likeness (QED) is 0.191. The Morgan fingerprint density at radius 3 is 2.88 bits per heavy atom. The first-order valence-corrected chi connectivity index (χ1v) is 7.69. The second kappa shape index (κ2) is 7.27. The van der Waals surface area contributed by atoms with Gasteiger partial charge in [0.1, 0.15) is 6.10 Å². The van der Waals surface area contributed by atoms with E-state index in [9.17, 15) is 4.79 Å². The molecule has 6 heteroatoms. The second-order valence-corrected chi connectivity index (χ2v) is 5.61. The fraction of sp³-hybridized carbons (Fsp3) is 0.278. The van der Waals surface area contributed by atoms with Gasteiger partial charge in [-0.15, -0.1) is 0 Å². The number of allylic oxidation sites excluding steroid dienone is 4. The zero-order valence-electron chi connectivity index (χ0n) is 13.0. The van der Waals surface area contributed by atoms with Gasteiger partial charge in [0.2, 0.25) is 0 Å². The molecule has 1 aliphatic carbocycles. The average molecular weight is 323 g/mol. The zero-order chi connectivity index (χ0) is 16.8. The Bertz CT molecular complexity index is 744. The lowest BCUT2D eigenvalue weighted by molar-refractivity contribution is -0.00975. The van der Waals surface area contributed by atoms with Gasteiger partial charge in [-0.3, -0.25) is 4.79 Å². The Morgan fingerprint density at radius 2 is 2.25 bits per heavy atom. The van der Waals surface area contributed by atoms with Crippen LogP contribution in [0.5, 0.6) is 0 Å². The number of ketones is 1. The van der Waals surface area contributed by atoms with Crippen molar-refractivity contribution in [2.24, 2.45) is 5.11 Å². The number of benzene rings is 1. The van der Waals surface area contributed by atoms with Crippen LogP contribution >= 0.6 is 0 Å². The fourth-order valence-electron chi connectivity index (χ4n) is 2.31. The number of epoxide rings is 1. The van der Waals surface area contributed by atoms with Crippen molar-refractivity contribution >= 4 is 5.78 Å². The van der Waals surface area contributed by atoms with Crippen molar-refractivity contribution in [1.29, 1.82) is 0 Å². The van der Waals surface area contributed by atoms with Crippen LogP contribution in [0, 0.1) is 0 Å². The number of ether oxygens (including phenoxy) is 2. The first kappa shape index (κ1) is 16.2. The fourth-order valence-corrected chi connectivity index (χ4v) is 2.31. The van der Waals surface area contributed by atoms with Crippen LogP contribution < -0.4 is 0 Å². The SMILES string of the molecule is [N-]=[N+]=NC1(OCC2CO2)C=CC(C=CC(=O)c2ccccc2)=CC1. The maximum Gasteiger partial charge on any atom is 0.185 e. The summed E-state index contributed by atoms with van der Waals surface area (Å²) in [6.45, 7) is 1.08. The minimum atomic E-state index is -1.01. The molecular formula is C18H17N3O3. The van der Waals surface area contributed by atoms with E-state index in [1.165, 1.54) is 6.08 Å². The molecule has 0 bridgehead atoms. The number of carbonyl (C=O) groups excluding carboxylic acids is 1. The Hall–Kier alpha value is -2.66. The number of rotatable bonds is 7. The Balaban J connectivity index is 1.63. The minimum absolute atomic E-state index is 0.0566. The molecule has 122 valence electrons. The van der Waals surface area contributed by atoms with Crippen molar-refractivity contribution in [1.82, 2.24) is 0 Å². The summed E-state index contributed by atoms with van der Waals surface area (Å²) in [6.07, 6.45) is 9.19. The monoisotopic (exact) mass is 323 g/mol. The molecule has 6 nitrogen and oxygen atoms in total. The summed E-state index contributed by atoms with van der Waals surface area (Å²) in [5, 5.41) is 3.77. The third-order valence-corrected chi connectivity index (χ3v) is 3.79. The third-order valence-electron chi connectivity index (χ3n) is 3.79. The van der Waals surface area contributed by atoms with Crippen LogP contribution in [0.25, 0.3) is 10.4 Å². The molecule has 2 aliphatic rings. The highest BCUT2D eigenvalue weighted by Gasteiger charge is 2.32. The molecular weight excluding hydrogens is 306 g/mol. The number of azide groups is 1. The van der Waals surface area contributed by atoms with Gasteiger partial charge >= 0.3 is 0 Å². The van der Waals surface area contributed by atoms with E-state index in [-0.39, 0.29) is 11.9 Å². The Labute approximate surface area is 139 Å². The van der Waals surface area contributed by atoms with Gasteiger partial charge in [0.25, 0.3) is 0 Å². The molecule has 0 saturated carbocycles. The van der Waals surface area contributed by atoms with Crippen LogP contribution in [0.4, 0.5) is 0 Å². The van der Waals surface area contributed by atoms with E-state index in [1.807, 2.05) is 24.3 Å². The smallest absolute Gasteiger partial charge is 0.185 e. The lowest BCUT2D eigenvalue weighted by atomic mass is 9.99. The van der Waals surface area contributed by atoms with Gasteiger partial charge in [-0.2, -0.15) is 0 Å². The molecule has 1 fully saturated rings. The second-order valence-electron chi connectivity index (χ2n) is 5.61. The molecule has 0 amide bonds. The van der Waals surface area contributed by atoms with Crippen molar-refractivity contribution in [3.63, 3.8) is 0 Å². The van der Waals surface area contributed by atoms with Crippen molar-refractivity contribution in [2.75, 3.05) is 13.2 Å². The molecule has 1 aliphatic heterocycles. The number of nitrogens with zero attached hydrogens (tertiary/aromatic N) is 3. The molecule has 1 aromatic carbocycles. The lowest BCUT2D eigenvalue weighted by Gasteiger charge is -2.26. The van der Waals surface area contributed by atoms with Crippen molar-refractivity contribution in [3.05, 3.63) is 82.3 Å². The normalized spacial score (nSPS) is 25.2. The van der Waals surface area contributed by atoms with Gasteiger partial charge in [-0.1, -0.05) is 53.7 Å².